The van der Waals surface area contributed by atoms with Gasteiger partial charge in [0.2, 0.25) is 11.8 Å². The zero-order valence-corrected chi connectivity index (χ0v) is 34.2. The standard InChI is InChI=1S/C44H42N16O2/c1-25-4-8-46-18-31(25)35-12-27-14-39(48-20-33(27)41(45)55-35)53-30-17-52-60(23-30)38-7-11-58(44(38)62)24-50-42-34-21-49-40(15-28(34)13-36(56-42)32-19-47-9-5-26(32)2)54-29-16-51-59(22-29)37-6-10-57(3)43(37)61/h4-5,8-9,12-23,37-38H,6-7,10-11,24H2,1-3H3,(H2,45,55)(H,48,53)(H,49,54)(H,50,56)/t37-,38+/m0/s1. The first-order valence-electron chi connectivity index (χ1n) is 20.2. The molecule has 0 unspecified atom stereocenters. The number of pyridine rings is 6. The Morgan fingerprint density at radius 3 is 1.85 bits per heavy atom. The molecule has 2 aliphatic heterocycles. The lowest BCUT2D eigenvalue weighted by Crippen LogP contribution is -2.33. The van der Waals surface area contributed by atoms with Gasteiger partial charge in [-0.25, -0.2) is 19.9 Å². The topological polar surface area (TPSA) is 216 Å². The summed E-state index contributed by atoms with van der Waals surface area (Å²) in [6.07, 6.45) is 18.9. The van der Waals surface area contributed by atoms with E-state index in [4.69, 9.17) is 15.7 Å². The fourth-order valence-electron chi connectivity index (χ4n) is 8.12. The van der Waals surface area contributed by atoms with E-state index in [2.05, 4.69) is 46.1 Å². The number of amides is 2. The lowest BCUT2D eigenvalue weighted by Gasteiger charge is -2.19. The molecule has 5 N–H and O–H groups in total. The number of carbonyl (C=O) groups is 2. The third kappa shape index (κ3) is 7.20. The second kappa shape index (κ2) is 15.5. The van der Waals surface area contributed by atoms with E-state index >= 15 is 0 Å². The Bertz CT molecular complexity index is 3030. The van der Waals surface area contributed by atoms with Gasteiger partial charge >= 0.3 is 0 Å². The number of hydrogen-bond donors (Lipinski definition) is 4. The average Bonchev–Trinajstić information content (AvgIpc) is 4.08. The van der Waals surface area contributed by atoms with Crippen molar-refractivity contribution in [3.05, 3.63) is 109 Å². The number of likely N-dealkylation sites (N-methyl/N-ethyl adjacent to an activating group) is 1. The van der Waals surface area contributed by atoms with Crippen LogP contribution in [0.4, 0.5) is 34.6 Å². The summed E-state index contributed by atoms with van der Waals surface area (Å²) in [6.45, 7) is 5.49. The highest BCUT2D eigenvalue weighted by atomic mass is 16.2. The molecule has 8 aromatic heterocycles. The van der Waals surface area contributed by atoms with Crippen LogP contribution in [0.3, 0.4) is 0 Å². The van der Waals surface area contributed by atoms with E-state index in [1.165, 1.54) is 0 Å². The smallest absolute Gasteiger partial charge is 0.248 e. The molecule has 0 radical (unpaired) electrons. The molecule has 0 spiro atoms. The fraction of sp³-hybridized carbons (Fsp3) is 0.227. The van der Waals surface area contributed by atoms with Gasteiger partial charge in [-0.3, -0.25) is 28.9 Å². The quantitative estimate of drug-likeness (QED) is 0.117. The molecular formula is C44H42N16O2. The third-order valence-corrected chi connectivity index (χ3v) is 11.6. The number of aromatic nitrogens is 10. The molecule has 2 atom stereocenters. The Morgan fingerprint density at radius 2 is 1.26 bits per heavy atom. The van der Waals surface area contributed by atoms with Crippen LogP contribution >= 0.6 is 0 Å². The van der Waals surface area contributed by atoms with Gasteiger partial charge in [0.15, 0.2) is 0 Å². The van der Waals surface area contributed by atoms with Crippen molar-refractivity contribution >= 4 is 68.0 Å². The molecule has 0 saturated carbocycles. The average molecular weight is 827 g/mol. The predicted octanol–water partition coefficient (Wildman–Crippen LogP) is 6.02. The van der Waals surface area contributed by atoms with Gasteiger partial charge in [0.25, 0.3) is 0 Å². The van der Waals surface area contributed by atoms with Gasteiger partial charge < -0.3 is 31.5 Å². The first-order chi connectivity index (χ1) is 30.1. The molecule has 310 valence electrons. The van der Waals surface area contributed by atoms with Gasteiger partial charge in [0.1, 0.15) is 35.4 Å². The summed E-state index contributed by atoms with van der Waals surface area (Å²) in [4.78, 5) is 57.5. The highest BCUT2D eigenvalue weighted by Crippen LogP contribution is 2.33. The molecule has 18 heteroatoms. The van der Waals surface area contributed by atoms with Crippen molar-refractivity contribution in [2.24, 2.45) is 0 Å². The third-order valence-electron chi connectivity index (χ3n) is 11.6. The Morgan fingerprint density at radius 1 is 0.694 bits per heavy atom. The highest BCUT2D eigenvalue weighted by Gasteiger charge is 2.34. The number of anilines is 6. The molecule has 2 fully saturated rings. The molecule has 0 aromatic carbocycles. The summed E-state index contributed by atoms with van der Waals surface area (Å²) < 4.78 is 3.40. The normalized spacial score (nSPS) is 16.5. The van der Waals surface area contributed by atoms with Gasteiger partial charge in [-0.2, -0.15) is 10.2 Å². The van der Waals surface area contributed by atoms with E-state index in [1.807, 2.05) is 62.6 Å². The largest absolute Gasteiger partial charge is 0.383 e. The van der Waals surface area contributed by atoms with Crippen molar-refractivity contribution in [3.63, 3.8) is 0 Å². The number of aryl methyl sites for hydroxylation is 2. The SMILES string of the molecule is Cc1ccncc1-c1cc2cc(Nc3cnn([C@@H]4CCN(CNc5nc(-c6cnccc6C)cc6cc(Nc7cnn([C@H]8CCN(C)C8=O)c7)ncc56)C4=O)c3)ncc2c(N)n1. The fourth-order valence-corrected chi connectivity index (χ4v) is 8.12. The van der Waals surface area contributed by atoms with Crippen LogP contribution in [0.5, 0.6) is 0 Å². The van der Waals surface area contributed by atoms with E-state index in [0.29, 0.717) is 54.9 Å². The summed E-state index contributed by atoms with van der Waals surface area (Å²) in [7, 11) is 1.81. The van der Waals surface area contributed by atoms with Crippen molar-refractivity contribution in [2.75, 3.05) is 48.5 Å². The minimum atomic E-state index is -0.477. The number of likely N-dealkylation sites (tertiary alicyclic amines) is 2. The molecule has 10 rings (SSSR count). The van der Waals surface area contributed by atoms with Crippen LogP contribution in [-0.4, -0.2) is 97.9 Å². The maximum atomic E-state index is 13.9. The monoisotopic (exact) mass is 826 g/mol. The Balaban J connectivity index is 0.847. The van der Waals surface area contributed by atoms with Crippen LogP contribution in [-0.2, 0) is 9.59 Å². The molecule has 10 heterocycles. The van der Waals surface area contributed by atoms with E-state index < -0.39 is 6.04 Å². The second-order valence-corrected chi connectivity index (χ2v) is 15.7. The number of fused-ring (bicyclic) bond motifs is 2. The summed E-state index contributed by atoms with van der Waals surface area (Å²) in [6, 6.07) is 10.9. The van der Waals surface area contributed by atoms with E-state index in [0.717, 1.165) is 60.9 Å². The van der Waals surface area contributed by atoms with Crippen LogP contribution in [0.2, 0.25) is 0 Å². The molecule has 0 bridgehead atoms. The van der Waals surface area contributed by atoms with Gasteiger partial charge in [0, 0.05) is 91.6 Å². The Kier molecular flexibility index (Phi) is 9.57. The Labute approximate surface area is 355 Å². The minimum absolute atomic E-state index is 0.0518. The predicted molar refractivity (Wildman–Crippen MR) is 236 cm³/mol. The molecule has 2 aliphatic rings. The molecule has 18 nitrogen and oxygen atoms in total. The van der Waals surface area contributed by atoms with Crippen molar-refractivity contribution in [1.82, 2.24) is 59.3 Å². The van der Waals surface area contributed by atoms with Crippen LogP contribution in [0.15, 0.2) is 98.4 Å². The molecule has 62 heavy (non-hydrogen) atoms. The minimum Gasteiger partial charge on any atom is -0.383 e. The number of nitrogens with one attached hydrogen (secondary N) is 3. The number of nitrogen functional groups attached to an aromatic ring is 1. The highest BCUT2D eigenvalue weighted by molar-refractivity contribution is 5.97. The number of nitrogens with two attached hydrogens (primary N) is 1. The summed E-state index contributed by atoms with van der Waals surface area (Å²) in [5, 5.41) is 22.4. The van der Waals surface area contributed by atoms with Gasteiger partial charge in [-0.15, -0.1) is 0 Å². The number of rotatable bonds is 11. The van der Waals surface area contributed by atoms with E-state index in [-0.39, 0.29) is 24.5 Å². The van der Waals surface area contributed by atoms with Crippen molar-refractivity contribution in [2.45, 2.75) is 38.8 Å². The van der Waals surface area contributed by atoms with Crippen LogP contribution < -0.4 is 21.7 Å². The second-order valence-electron chi connectivity index (χ2n) is 15.7. The molecule has 8 aromatic rings. The van der Waals surface area contributed by atoms with Crippen molar-refractivity contribution in [3.8, 4) is 22.5 Å². The van der Waals surface area contributed by atoms with Gasteiger partial charge in [-0.05, 0) is 85.0 Å². The van der Waals surface area contributed by atoms with E-state index in [9.17, 15) is 9.59 Å². The zero-order valence-electron chi connectivity index (χ0n) is 34.2. The molecule has 0 aliphatic carbocycles. The van der Waals surface area contributed by atoms with Gasteiger partial charge in [-0.1, -0.05) is 0 Å². The summed E-state index contributed by atoms with van der Waals surface area (Å²) in [5.41, 5.74) is 13.1. The summed E-state index contributed by atoms with van der Waals surface area (Å²) in [5.74, 6) is 2.17. The first-order valence-corrected chi connectivity index (χ1v) is 20.2. The molecule has 2 saturated heterocycles. The van der Waals surface area contributed by atoms with Gasteiger partial charge in [0.05, 0.1) is 41.8 Å². The molecular weight excluding hydrogens is 785 g/mol. The summed E-state index contributed by atoms with van der Waals surface area (Å²) >= 11 is 0. The molecule has 2 amide bonds. The number of carbonyl (C=O) groups excluding carboxylic acids is 2. The first kappa shape index (κ1) is 38.2. The number of hydrogen-bond acceptors (Lipinski definition) is 14. The lowest BCUT2D eigenvalue weighted by molar-refractivity contribution is -0.130. The number of nitrogens with zero attached hydrogens (tertiary/aromatic N) is 12. The van der Waals surface area contributed by atoms with Crippen molar-refractivity contribution in [1.29, 1.82) is 0 Å². The van der Waals surface area contributed by atoms with Crippen LogP contribution in [0.25, 0.3) is 44.1 Å². The maximum Gasteiger partial charge on any atom is 0.248 e. The van der Waals surface area contributed by atoms with Crippen LogP contribution in [0.1, 0.15) is 36.1 Å². The van der Waals surface area contributed by atoms with Crippen molar-refractivity contribution < 1.29 is 9.59 Å². The lowest BCUT2D eigenvalue weighted by atomic mass is 10.1. The zero-order chi connectivity index (χ0) is 42.5. The van der Waals surface area contributed by atoms with Crippen LogP contribution in [0, 0.1) is 13.8 Å². The van der Waals surface area contributed by atoms with E-state index in [1.54, 1.807) is 75.8 Å². The Hall–Kier alpha value is -8.02. The maximum absolute atomic E-state index is 13.9.